The number of carboxylic acid groups (broad SMARTS) is 1. The predicted octanol–water partition coefficient (Wildman–Crippen LogP) is 2.91. The minimum absolute atomic E-state index is 0.0101. The summed E-state index contributed by atoms with van der Waals surface area (Å²) in [6.45, 7) is 10.5. The van der Waals surface area contributed by atoms with Gasteiger partial charge >= 0.3 is 5.97 Å². The Labute approximate surface area is 116 Å². The van der Waals surface area contributed by atoms with Crippen LogP contribution in [0.3, 0.4) is 0 Å². The molecule has 0 aliphatic heterocycles. The monoisotopic (exact) mass is 269 g/mol. The number of rotatable bonds is 4. The Morgan fingerprint density at radius 1 is 1.32 bits per heavy atom. The number of carboxylic acids is 1. The van der Waals surface area contributed by atoms with Crippen molar-refractivity contribution < 1.29 is 14.7 Å². The molecule has 1 atom stereocenters. The maximum atomic E-state index is 12.8. The van der Waals surface area contributed by atoms with E-state index >= 15 is 0 Å². The smallest absolute Gasteiger partial charge is 0.305 e. The summed E-state index contributed by atoms with van der Waals surface area (Å²) in [5, 5.41) is 8.84. The van der Waals surface area contributed by atoms with E-state index in [1.54, 1.807) is 4.90 Å². The molecule has 110 valence electrons. The maximum Gasteiger partial charge on any atom is 0.305 e. The summed E-state index contributed by atoms with van der Waals surface area (Å²) in [5.74, 6) is -0.704. The number of hydrogen-bond acceptors (Lipinski definition) is 2. The summed E-state index contributed by atoms with van der Waals surface area (Å²) in [7, 11) is 0. The molecule has 1 N–H and O–H groups in total. The van der Waals surface area contributed by atoms with E-state index in [-0.39, 0.29) is 29.2 Å². The Balaban J connectivity index is 2.86. The Morgan fingerprint density at radius 2 is 1.89 bits per heavy atom. The van der Waals surface area contributed by atoms with Crippen LogP contribution in [0.1, 0.15) is 60.3 Å². The molecule has 1 aliphatic rings. The molecule has 1 amide bonds. The van der Waals surface area contributed by atoms with Gasteiger partial charge in [-0.2, -0.15) is 0 Å². The van der Waals surface area contributed by atoms with Crippen molar-refractivity contribution in [2.24, 2.45) is 11.3 Å². The Bertz CT molecular complexity index is 355. The fraction of sp³-hybridized carbons (Fsp3) is 0.867. The molecule has 1 unspecified atom stereocenters. The molecule has 1 aliphatic carbocycles. The molecule has 19 heavy (non-hydrogen) atoms. The van der Waals surface area contributed by atoms with E-state index in [2.05, 4.69) is 13.8 Å². The number of aliphatic carboxylic acids is 1. The summed E-state index contributed by atoms with van der Waals surface area (Å²) in [6, 6.07) is 0. The third-order valence-corrected chi connectivity index (χ3v) is 4.18. The first-order valence-corrected chi connectivity index (χ1v) is 7.09. The van der Waals surface area contributed by atoms with Crippen LogP contribution in [0.2, 0.25) is 0 Å². The van der Waals surface area contributed by atoms with E-state index in [4.69, 9.17) is 5.11 Å². The average molecular weight is 269 g/mol. The van der Waals surface area contributed by atoms with E-state index in [0.29, 0.717) is 6.54 Å². The van der Waals surface area contributed by atoms with E-state index in [1.165, 1.54) is 0 Å². The highest BCUT2D eigenvalue weighted by Crippen LogP contribution is 2.44. The van der Waals surface area contributed by atoms with Gasteiger partial charge in [-0.1, -0.05) is 20.3 Å². The lowest BCUT2D eigenvalue weighted by molar-refractivity contribution is -0.145. The molecule has 4 nitrogen and oxygen atoms in total. The van der Waals surface area contributed by atoms with Crippen molar-refractivity contribution in [3.63, 3.8) is 0 Å². The van der Waals surface area contributed by atoms with Crippen molar-refractivity contribution >= 4 is 11.9 Å². The second-order valence-corrected chi connectivity index (χ2v) is 7.24. The van der Waals surface area contributed by atoms with Crippen molar-refractivity contribution in [1.82, 2.24) is 4.90 Å². The molecule has 0 aromatic heterocycles. The van der Waals surface area contributed by atoms with Gasteiger partial charge in [0.15, 0.2) is 0 Å². The third kappa shape index (κ3) is 3.95. The molecular weight excluding hydrogens is 242 g/mol. The first kappa shape index (κ1) is 16.0. The second-order valence-electron chi connectivity index (χ2n) is 7.24. The highest BCUT2D eigenvalue weighted by atomic mass is 16.4. The second kappa shape index (κ2) is 5.51. The summed E-state index contributed by atoms with van der Waals surface area (Å²) in [6.07, 6.45) is 3.09. The molecule has 1 saturated carbocycles. The van der Waals surface area contributed by atoms with Gasteiger partial charge in [-0.25, -0.2) is 0 Å². The van der Waals surface area contributed by atoms with Crippen LogP contribution in [0.25, 0.3) is 0 Å². The fourth-order valence-electron chi connectivity index (χ4n) is 2.96. The fourth-order valence-corrected chi connectivity index (χ4v) is 2.96. The standard InChI is InChI=1S/C15H27NO3/c1-14(2,3)16(10-8-12(17)18)13(19)11-7-6-9-15(11,4)5/h11H,6-10H2,1-5H3,(H,17,18). The van der Waals surface area contributed by atoms with Crippen LogP contribution in [0.4, 0.5) is 0 Å². The summed E-state index contributed by atoms with van der Waals surface area (Å²) in [4.78, 5) is 25.3. The normalized spacial score (nSPS) is 22.3. The van der Waals surface area contributed by atoms with Crippen LogP contribution in [-0.2, 0) is 9.59 Å². The molecule has 0 bridgehead atoms. The molecule has 0 heterocycles. The lowest BCUT2D eigenvalue weighted by atomic mass is 9.80. The molecule has 0 aromatic carbocycles. The summed E-state index contributed by atoms with van der Waals surface area (Å²) < 4.78 is 0. The van der Waals surface area contributed by atoms with Crippen molar-refractivity contribution in [2.75, 3.05) is 6.54 Å². The Morgan fingerprint density at radius 3 is 2.26 bits per heavy atom. The van der Waals surface area contributed by atoms with Crippen molar-refractivity contribution in [3.8, 4) is 0 Å². The average Bonchev–Trinajstić information content (AvgIpc) is 2.55. The highest BCUT2D eigenvalue weighted by molar-refractivity contribution is 5.81. The third-order valence-electron chi connectivity index (χ3n) is 4.18. The van der Waals surface area contributed by atoms with E-state index in [1.807, 2.05) is 20.8 Å². The first-order chi connectivity index (χ1) is 8.55. The molecule has 0 radical (unpaired) electrons. The van der Waals surface area contributed by atoms with Gasteiger partial charge in [-0.05, 0) is 39.0 Å². The number of amides is 1. The minimum Gasteiger partial charge on any atom is -0.481 e. The predicted molar refractivity (Wildman–Crippen MR) is 74.8 cm³/mol. The van der Waals surface area contributed by atoms with Crippen LogP contribution in [0.15, 0.2) is 0 Å². The lowest BCUT2D eigenvalue weighted by Crippen LogP contribution is -2.50. The summed E-state index contributed by atoms with van der Waals surface area (Å²) >= 11 is 0. The largest absolute Gasteiger partial charge is 0.481 e. The van der Waals surface area contributed by atoms with Crippen molar-refractivity contribution in [3.05, 3.63) is 0 Å². The van der Waals surface area contributed by atoms with Gasteiger partial charge in [0, 0.05) is 18.0 Å². The Kier molecular flexibility index (Phi) is 4.64. The zero-order valence-electron chi connectivity index (χ0n) is 12.8. The maximum absolute atomic E-state index is 12.8. The topological polar surface area (TPSA) is 57.6 Å². The summed E-state index contributed by atoms with van der Waals surface area (Å²) in [5.41, 5.74) is -0.297. The van der Waals surface area contributed by atoms with Gasteiger partial charge in [0.1, 0.15) is 0 Å². The quantitative estimate of drug-likeness (QED) is 0.853. The van der Waals surface area contributed by atoms with E-state index < -0.39 is 5.97 Å². The zero-order chi connectivity index (χ0) is 14.8. The van der Waals surface area contributed by atoms with Gasteiger partial charge in [0.25, 0.3) is 0 Å². The van der Waals surface area contributed by atoms with Crippen LogP contribution in [0.5, 0.6) is 0 Å². The Hall–Kier alpha value is -1.06. The molecule has 4 heteroatoms. The minimum atomic E-state index is -0.854. The molecule has 0 aromatic rings. The van der Waals surface area contributed by atoms with Crippen molar-refractivity contribution in [1.29, 1.82) is 0 Å². The van der Waals surface area contributed by atoms with Gasteiger partial charge in [0.05, 0.1) is 6.42 Å². The van der Waals surface area contributed by atoms with E-state index in [0.717, 1.165) is 19.3 Å². The molecule has 0 spiro atoms. The zero-order valence-corrected chi connectivity index (χ0v) is 12.8. The van der Waals surface area contributed by atoms with Gasteiger partial charge < -0.3 is 10.0 Å². The number of carbonyl (C=O) groups is 2. The number of hydrogen-bond donors (Lipinski definition) is 1. The van der Waals surface area contributed by atoms with Gasteiger partial charge in [0.2, 0.25) is 5.91 Å². The van der Waals surface area contributed by atoms with Crippen LogP contribution < -0.4 is 0 Å². The molecule has 1 rings (SSSR count). The van der Waals surface area contributed by atoms with Crippen LogP contribution in [0, 0.1) is 11.3 Å². The number of carbonyl (C=O) groups excluding carboxylic acids is 1. The highest BCUT2D eigenvalue weighted by Gasteiger charge is 2.43. The first-order valence-electron chi connectivity index (χ1n) is 7.09. The van der Waals surface area contributed by atoms with Gasteiger partial charge in [-0.3, -0.25) is 9.59 Å². The SMILES string of the molecule is CC1(C)CCCC1C(=O)N(CCC(=O)O)C(C)(C)C. The molecular formula is C15H27NO3. The van der Waals surface area contributed by atoms with Gasteiger partial charge in [-0.15, -0.1) is 0 Å². The molecule has 0 saturated heterocycles. The lowest BCUT2D eigenvalue weighted by Gasteiger charge is -2.40. The van der Waals surface area contributed by atoms with Crippen LogP contribution in [-0.4, -0.2) is 34.0 Å². The van der Waals surface area contributed by atoms with Crippen LogP contribution >= 0.6 is 0 Å². The van der Waals surface area contributed by atoms with E-state index in [9.17, 15) is 9.59 Å². The number of nitrogens with zero attached hydrogens (tertiary/aromatic N) is 1. The molecule has 1 fully saturated rings. The van der Waals surface area contributed by atoms with Crippen molar-refractivity contribution in [2.45, 2.75) is 65.8 Å².